The van der Waals surface area contributed by atoms with Crippen molar-refractivity contribution in [3.05, 3.63) is 216 Å². The number of fused-ring (bicyclic) bond motifs is 7. The van der Waals surface area contributed by atoms with Crippen molar-refractivity contribution in [2.75, 3.05) is 0 Å². The molecule has 9 aromatic rings. The van der Waals surface area contributed by atoms with E-state index >= 15 is 0 Å². The summed E-state index contributed by atoms with van der Waals surface area (Å²) >= 11 is 0. The van der Waals surface area contributed by atoms with Crippen molar-refractivity contribution in [3.8, 4) is 33.4 Å². The first-order chi connectivity index (χ1) is 24.3. The van der Waals surface area contributed by atoms with Crippen LogP contribution >= 0.6 is 0 Å². The third-order valence-corrected chi connectivity index (χ3v) is 10.7. The molecular formula is C49H32. The van der Waals surface area contributed by atoms with Crippen LogP contribution in [0.3, 0.4) is 0 Å². The Morgan fingerprint density at radius 3 is 1.35 bits per heavy atom. The van der Waals surface area contributed by atoms with Crippen molar-refractivity contribution in [2.45, 2.75) is 5.41 Å². The maximum absolute atomic E-state index is 2.48. The quantitative estimate of drug-likeness (QED) is 0.172. The lowest BCUT2D eigenvalue weighted by Crippen LogP contribution is -2.28. The third kappa shape index (κ3) is 3.98. The third-order valence-electron chi connectivity index (χ3n) is 10.7. The number of hydrogen-bond acceptors (Lipinski definition) is 0. The first-order valence-corrected chi connectivity index (χ1v) is 17.1. The SMILES string of the molecule is c1ccc(-c2c3ccccc3c(-c3ccc4c(c3)-c3ccc5ccccc5c3C4(c3ccccc3)c3ccccc3)c3ccccc23)cc1. The first-order valence-electron chi connectivity index (χ1n) is 17.1. The molecule has 49 heavy (non-hydrogen) atoms. The van der Waals surface area contributed by atoms with Crippen LogP contribution in [0.1, 0.15) is 22.3 Å². The van der Waals surface area contributed by atoms with Gasteiger partial charge in [-0.2, -0.15) is 0 Å². The van der Waals surface area contributed by atoms with E-state index in [0.717, 1.165) is 0 Å². The minimum Gasteiger partial charge on any atom is -0.0622 e. The van der Waals surface area contributed by atoms with E-state index in [4.69, 9.17) is 0 Å². The molecule has 0 unspecified atom stereocenters. The van der Waals surface area contributed by atoms with E-state index < -0.39 is 5.41 Å². The standard InChI is InChI=1S/C49H32/c1-4-17-34(18-5-1)46-39-24-12-14-26-41(39)47(42-27-15-13-25-40(42)46)35-29-31-45-44(32-35)43-30-28-33-16-10-11-23-38(33)48(43)49(45,36-19-6-2-7-20-36)37-21-8-3-9-22-37/h1-32H. The molecule has 0 aromatic heterocycles. The highest BCUT2D eigenvalue weighted by molar-refractivity contribution is 6.21. The summed E-state index contributed by atoms with van der Waals surface area (Å²) in [6, 6.07) is 71.8. The second-order valence-electron chi connectivity index (χ2n) is 13.2. The maximum atomic E-state index is 2.48. The largest absolute Gasteiger partial charge is 0.0719 e. The zero-order valence-corrected chi connectivity index (χ0v) is 27.0. The smallest absolute Gasteiger partial charge is 0.0622 e. The van der Waals surface area contributed by atoms with Crippen molar-refractivity contribution >= 4 is 32.3 Å². The Labute approximate surface area is 286 Å². The van der Waals surface area contributed by atoms with E-state index in [-0.39, 0.29) is 0 Å². The molecule has 0 amide bonds. The summed E-state index contributed by atoms with van der Waals surface area (Å²) in [6.07, 6.45) is 0. The summed E-state index contributed by atoms with van der Waals surface area (Å²) in [5, 5.41) is 7.66. The molecule has 0 spiro atoms. The minimum absolute atomic E-state index is 0.464. The van der Waals surface area contributed by atoms with Gasteiger partial charge in [-0.1, -0.05) is 188 Å². The van der Waals surface area contributed by atoms with Crippen molar-refractivity contribution in [1.82, 2.24) is 0 Å². The van der Waals surface area contributed by atoms with Gasteiger partial charge in [0.25, 0.3) is 0 Å². The first kappa shape index (κ1) is 27.8. The average Bonchev–Trinajstić information content (AvgIpc) is 3.49. The second-order valence-corrected chi connectivity index (χ2v) is 13.2. The molecule has 1 aliphatic carbocycles. The fourth-order valence-electron chi connectivity index (χ4n) is 8.78. The summed E-state index contributed by atoms with van der Waals surface area (Å²) in [4.78, 5) is 0. The Bertz CT molecular complexity index is 2590. The normalized spacial score (nSPS) is 13.1. The second kappa shape index (κ2) is 10.9. The maximum Gasteiger partial charge on any atom is 0.0719 e. The highest BCUT2D eigenvalue weighted by Crippen LogP contribution is 2.59. The van der Waals surface area contributed by atoms with Crippen LogP contribution in [-0.2, 0) is 5.41 Å². The molecule has 228 valence electrons. The predicted molar refractivity (Wildman–Crippen MR) is 207 cm³/mol. The Hall–Kier alpha value is -6.24. The lowest BCUT2D eigenvalue weighted by Gasteiger charge is -2.34. The molecular weight excluding hydrogens is 589 g/mol. The molecule has 1 aliphatic rings. The molecule has 0 N–H and O–H groups in total. The van der Waals surface area contributed by atoms with Gasteiger partial charge < -0.3 is 0 Å². The molecule has 0 saturated heterocycles. The van der Waals surface area contributed by atoms with Gasteiger partial charge >= 0.3 is 0 Å². The molecule has 0 nitrogen and oxygen atoms in total. The van der Waals surface area contributed by atoms with Crippen molar-refractivity contribution < 1.29 is 0 Å². The number of hydrogen-bond donors (Lipinski definition) is 0. The molecule has 0 fully saturated rings. The molecule has 0 aliphatic heterocycles. The molecule has 9 aromatic carbocycles. The Morgan fingerprint density at radius 1 is 0.306 bits per heavy atom. The van der Waals surface area contributed by atoms with E-state index in [9.17, 15) is 0 Å². The Morgan fingerprint density at radius 2 is 0.776 bits per heavy atom. The van der Waals surface area contributed by atoms with Crippen LogP contribution in [0.4, 0.5) is 0 Å². The van der Waals surface area contributed by atoms with Crippen LogP contribution in [0.15, 0.2) is 194 Å². The van der Waals surface area contributed by atoms with Crippen LogP contribution in [-0.4, -0.2) is 0 Å². The van der Waals surface area contributed by atoms with Crippen molar-refractivity contribution in [3.63, 3.8) is 0 Å². The van der Waals surface area contributed by atoms with E-state index in [0.29, 0.717) is 0 Å². The average molecular weight is 621 g/mol. The highest BCUT2D eigenvalue weighted by atomic mass is 14.5. The van der Waals surface area contributed by atoms with Crippen LogP contribution in [0.5, 0.6) is 0 Å². The molecule has 0 bridgehead atoms. The number of benzene rings is 9. The van der Waals surface area contributed by atoms with Gasteiger partial charge in [-0.25, -0.2) is 0 Å². The highest BCUT2D eigenvalue weighted by Gasteiger charge is 2.47. The van der Waals surface area contributed by atoms with Crippen molar-refractivity contribution in [2.24, 2.45) is 0 Å². The summed E-state index contributed by atoms with van der Waals surface area (Å²) in [5.41, 5.74) is 12.5. The van der Waals surface area contributed by atoms with Gasteiger partial charge in [0.2, 0.25) is 0 Å². The Kier molecular flexibility index (Phi) is 6.19. The van der Waals surface area contributed by atoms with Gasteiger partial charge in [-0.3, -0.25) is 0 Å². The van der Waals surface area contributed by atoms with E-state index in [1.165, 1.54) is 88.0 Å². The van der Waals surface area contributed by atoms with Gasteiger partial charge in [0, 0.05) is 0 Å². The monoisotopic (exact) mass is 620 g/mol. The molecule has 0 heteroatoms. The fourth-order valence-corrected chi connectivity index (χ4v) is 8.78. The lowest BCUT2D eigenvalue weighted by molar-refractivity contribution is 0.775. The molecule has 0 atom stereocenters. The van der Waals surface area contributed by atoms with Crippen LogP contribution in [0, 0.1) is 0 Å². The molecule has 10 rings (SSSR count). The van der Waals surface area contributed by atoms with E-state index in [2.05, 4.69) is 194 Å². The van der Waals surface area contributed by atoms with Gasteiger partial charge in [-0.05, 0) is 94.0 Å². The van der Waals surface area contributed by atoms with Crippen molar-refractivity contribution in [1.29, 1.82) is 0 Å². The predicted octanol–water partition coefficient (Wildman–Crippen LogP) is 12.8. The molecule has 0 radical (unpaired) electrons. The minimum atomic E-state index is -0.464. The summed E-state index contributed by atoms with van der Waals surface area (Å²) < 4.78 is 0. The zero-order valence-electron chi connectivity index (χ0n) is 27.0. The van der Waals surface area contributed by atoms with Gasteiger partial charge in [0.05, 0.1) is 5.41 Å². The van der Waals surface area contributed by atoms with E-state index in [1.807, 2.05) is 0 Å². The van der Waals surface area contributed by atoms with Crippen LogP contribution in [0.25, 0.3) is 65.7 Å². The summed E-state index contributed by atoms with van der Waals surface area (Å²) in [5.74, 6) is 0. The molecule has 0 heterocycles. The van der Waals surface area contributed by atoms with Crippen LogP contribution < -0.4 is 0 Å². The van der Waals surface area contributed by atoms with E-state index in [1.54, 1.807) is 0 Å². The zero-order chi connectivity index (χ0) is 32.4. The van der Waals surface area contributed by atoms with Gasteiger partial charge in [-0.15, -0.1) is 0 Å². The lowest BCUT2D eigenvalue weighted by atomic mass is 9.66. The summed E-state index contributed by atoms with van der Waals surface area (Å²) in [7, 11) is 0. The number of rotatable bonds is 4. The fraction of sp³-hybridized carbons (Fsp3) is 0.0204. The topological polar surface area (TPSA) is 0 Å². The van der Waals surface area contributed by atoms with Gasteiger partial charge in [0.1, 0.15) is 0 Å². The molecule has 0 saturated carbocycles. The van der Waals surface area contributed by atoms with Gasteiger partial charge in [0.15, 0.2) is 0 Å². The summed E-state index contributed by atoms with van der Waals surface area (Å²) in [6.45, 7) is 0. The Balaban J connectivity index is 1.33. The van der Waals surface area contributed by atoms with Crippen LogP contribution in [0.2, 0.25) is 0 Å².